The maximum atomic E-state index is 10.8. The zero-order valence-corrected chi connectivity index (χ0v) is 7.56. The summed E-state index contributed by atoms with van der Waals surface area (Å²) >= 11 is 0. The third-order valence-corrected chi connectivity index (χ3v) is 2.16. The fraction of sp³-hybridized carbons (Fsp3) is 0.300. The normalized spacial score (nSPS) is 16.0. The third-order valence-electron chi connectivity index (χ3n) is 2.16. The number of hydrogen-bond donors (Lipinski definition) is 2. The van der Waals surface area contributed by atoms with Gasteiger partial charge in [0.2, 0.25) is 0 Å². The van der Waals surface area contributed by atoms with Gasteiger partial charge in [0.15, 0.2) is 0 Å². The number of para-hydroxylation sites is 1. The first-order valence-corrected chi connectivity index (χ1v) is 4.44. The van der Waals surface area contributed by atoms with Crippen LogP contribution in [0.4, 0.5) is 5.69 Å². The summed E-state index contributed by atoms with van der Waals surface area (Å²) in [6, 6.07) is 7.13. The Bertz CT molecular complexity index is 347. The molecular formula is C10H11NO3. The summed E-state index contributed by atoms with van der Waals surface area (Å²) in [7, 11) is 0. The van der Waals surface area contributed by atoms with Gasteiger partial charge in [-0.3, -0.25) is 0 Å². The number of carboxylic acids is 1. The minimum Gasteiger partial charge on any atom is -0.478 e. The van der Waals surface area contributed by atoms with Crippen molar-refractivity contribution < 1.29 is 14.6 Å². The predicted molar refractivity (Wildman–Crippen MR) is 51.6 cm³/mol. The Morgan fingerprint density at radius 1 is 1.43 bits per heavy atom. The molecule has 2 N–H and O–H groups in total. The third kappa shape index (κ3) is 1.70. The highest BCUT2D eigenvalue weighted by molar-refractivity contribution is 5.94. The van der Waals surface area contributed by atoms with Crippen molar-refractivity contribution in [3.63, 3.8) is 0 Å². The quantitative estimate of drug-likeness (QED) is 0.757. The molecule has 2 rings (SSSR count). The van der Waals surface area contributed by atoms with E-state index >= 15 is 0 Å². The first-order chi connectivity index (χ1) is 6.77. The summed E-state index contributed by atoms with van der Waals surface area (Å²) < 4.78 is 5.00. The number of benzene rings is 1. The highest BCUT2D eigenvalue weighted by atomic mass is 16.5. The summed E-state index contributed by atoms with van der Waals surface area (Å²) in [5, 5.41) is 12.0. The SMILES string of the molecule is O=C(O)c1ccccc1NC1COC1. The molecular weight excluding hydrogens is 182 g/mol. The van der Waals surface area contributed by atoms with Gasteiger partial charge < -0.3 is 15.2 Å². The molecule has 14 heavy (non-hydrogen) atoms. The van der Waals surface area contributed by atoms with E-state index in [-0.39, 0.29) is 6.04 Å². The number of anilines is 1. The molecule has 1 heterocycles. The number of nitrogens with one attached hydrogen (secondary N) is 1. The second-order valence-electron chi connectivity index (χ2n) is 3.23. The van der Waals surface area contributed by atoms with Crippen molar-refractivity contribution in [1.29, 1.82) is 0 Å². The van der Waals surface area contributed by atoms with E-state index in [2.05, 4.69) is 5.32 Å². The summed E-state index contributed by atoms with van der Waals surface area (Å²) in [6.45, 7) is 1.29. The average molecular weight is 193 g/mol. The molecule has 1 aliphatic rings. The maximum Gasteiger partial charge on any atom is 0.337 e. The van der Waals surface area contributed by atoms with Crippen molar-refractivity contribution in [2.24, 2.45) is 0 Å². The molecule has 0 saturated carbocycles. The minimum atomic E-state index is -0.909. The van der Waals surface area contributed by atoms with Gasteiger partial charge in [-0.2, -0.15) is 0 Å². The van der Waals surface area contributed by atoms with Gasteiger partial charge in [-0.25, -0.2) is 4.79 Å². The van der Waals surface area contributed by atoms with Crippen LogP contribution in [-0.2, 0) is 4.74 Å². The molecule has 0 amide bonds. The molecule has 1 fully saturated rings. The topological polar surface area (TPSA) is 58.6 Å². The van der Waals surface area contributed by atoms with E-state index in [0.29, 0.717) is 24.5 Å². The highest BCUT2D eigenvalue weighted by Crippen LogP contribution is 2.17. The lowest BCUT2D eigenvalue weighted by molar-refractivity contribution is 0.0210. The molecule has 4 heteroatoms. The Kier molecular flexibility index (Phi) is 2.37. The molecule has 4 nitrogen and oxygen atoms in total. The number of carbonyl (C=O) groups is 1. The molecule has 1 aliphatic heterocycles. The minimum absolute atomic E-state index is 0.246. The molecule has 0 atom stereocenters. The van der Waals surface area contributed by atoms with Crippen molar-refractivity contribution in [3.05, 3.63) is 29.8 Å². The second-order valence-corrected chi connectivity index (χ2v) is 3.23. The zero-order chi connectivity index (χ0) is 9.97. The number of carboxylic acid groups (broad SMARTS) is 1. The Morgan fingerprint density at radius 3 is 2.71 bits per heavy atom. The predicted octanol–water partition coefficient (Wildman–Crippen LogP) is 1.20. The van der Waals surface area contributed by atoms with Gasteiger partial charge >= 0.3 is 5.97 Å². The van der Waals surface area contributed by atoms with Crippen LogP contribution in [0.2, 0.25) is 0 Å². The first-order valence-electron chi connectivity index (χ1n) is 4.44. The smallest absolute Gasteiger partial charge is 0.337 e. The van der Waals surface area contributed by atoms with Crippen molar-refractivity contribution in [2.75, 3.05) is 18.5 Å². The fourth-order valence-corrected chi connectivity index (χ4v) is 1.33. The Morgan fingerprint density at radius 2 is 2.14 bits per heavy atom. The van der Waals surface area contributed by atoms with Crippen molar-refractivity contribution >= 4 is 11.7 Å². The fourth-order valence-electron chi connectivity index (χ4n) is 1.33. The number of ether oxygens (including phenoxy) is 1. The van der Waals surface area contributed by atoms with Crippen LogP contribution in [0.3, 0.4) is 0 Å². The lowest BCUT2D eigenvalue weighted by Crippen LogP contribution is -2.40. The monoisotopic (exact) mass is 193 g/mol. The Hall–Kier alpha value is -1.55. The standard InChI is InChI=1S/C10H11NO3/c12-10(13)8-3-1-2-4-9(8)11-7-5-14-6-7/h1-4,7,11H,5-6H2,(H,12,13). The van der Waals surface area contributed by atoms with E-state index in [9.17, 15) is 4.79 Å². The summed E-state index contributed by atoms with van der Waals surface area (Å²) in [6.07, 6.45) is 0. The molecule has 0 unspecified atom stereocenters. The van der Waals surface area contributed by atoms with E-state index in [1.54, 1.807) is 18.2 Å². The van der Waals surface area contributed by atoms with Crippen LogP contribution in [-0.4, -0.2) is 30.3 Å². The molecule has 1 aromatic carbocycles. The van der Waals surface area contributed by atoms with E-state index in [4.69, 9.17) is 9.84 Å². The lowest BCUT2D eigenvalue weighted by Gasteiger charge is -2.28. The van der Waals surface area contributed by atoms with Gasteiger partial charge in [0.1, 0.15) is 0 Å². The number of hydrogen-bond acceptors (Lipinski definition) is 3. The van der Waals surface area contributed by atoms with E-state index in [0.717, 1.165) is 0 Å². The second kappa shape index (κ2) is 3.67. The van der Waals surface area contributed by atoms with Crippen LogP contribution in [0.15, 0.2) is 24.3 Å². The molecule has 0 spiro atoms. The van der Waals surface area contributed by atoms with Crippen LogP contribution in [0, 0.1) is 0 Å². The zero-order valence-electron chi connectivity index (χ0n) is 7.56. The van der Waals surface area contributed by atoms with Gasteiger partial charge in [0, 0.05) is 5.69 Å². The van der Waals surface area contributed by atoms with Crippen LogP contribution < -0.4 is 5.32 Å². The Labute approximate surface area is 81.5 Å². The van der Waals surface area contributed by atoms with Crippen molar-refractivity contribution in [3.8, 4) is 0 Å². The van der Waals surface area contributed by atoms with Gasteiger partial charge in [-0.1, -0.05) is 12.1 Å². The summed E-state index contributed by atoms with van der Waals surface area (Å²) in [5.41, 5.74) is 0.965. The van der Waals surface area contributed by atoms with E-state index in [1.165, 1.54) is 0 Å². The number of rotatable bonds is 3. The van der Waals surface area contributed by atoms with E-state index < -0.39 is 5.97 Å². The van der Waals surface area contributed by atoms with Gasteiger partial charge in [0.05, 0.1) is 24.8 Å². The molecule has 0 aliphatic carbocycles. The van der Waals surface area contributed by atoms with E-state index in [1.807, 2.05) is 6.07 Å². The van der Waals surface area contributed by atoms with Crippen LogP contribution >= 0.6 is 0 Å². The first kappa shape index (κ1) is 9.02. The summed E-state index contributed by atoms with van der Waals surface area (Å²) in [4.78, 5) is 10.8. The molecule has 74 valence electrons. The van der Waals surface area contributed by atoms with Gasteiger partial charge in [-0.15, -0.1) is 0 Å². The van der Waals surface area contributed by atoms with Gasteiger partial charge in [0.25, 0.3) is 0 Å². The average Bonchev–Trinajstić information content (AvgIpc) is 2.12. The van der Waals surface area contributed by atoms with Crippen LogP contribution in [0.1, 0.15) is 10.4 Å². The summed E-state index contributed by atoms with van der Waals surface area (Å²) in [5.74, 6) is -0.909. The largest absolute Gasteiger partial charge is 0.478 e. The maximum absolute atomic E-state index is 10.8. The Balaban J connectivity index is 2.17. The molecule has 1 aromatic rings. The molecule has 1 saturated heterocycles. The lowest BCUT2D eigenvalue weighted by atomic mass is 10.1. The van der Waals surface area contributed by atoms with Crippen LogP contribution in [0.25, 0.3) is 0 Å². The molecule has 0 aromatic heterocycles. The van der Waals surface area contributed by atoms with Crippen molar-refractivity contribution in [2.45, 2.75) is 6.04 Å². The number of aromatic carboxylic acids is 1. The molecule has 0 radical (unpaired) electrons. The van der Waals surface area contributed by atoms with Crippen LogP contribution in [0.5, 0.6) is 0 Å². The van der Waals surface area contributed by atoms with Gasteiger partial charge in [-0.05, 0) is 12.1 Å². The molecule has 0 bridgehead atoms. The van der Waals surface area contributed by atoms with Crippen molar-refractivity contribution in [1.82, 2.24) is 0 Å². The highest BCUT2D eigenvalue weighted by Gasteiger charge is 2.19.